The molecule has 2 nitrogen and oxygen atoms in total. The molecule has 4 heteroatoms. The Hall–Kier alpha value is -3.86. The van der Waals surface area contributed by atoms with Crippen LogP contribution in [0.2, 0.25) is 0 Å². The Kier molecular flexibility index (Phi) is 13.8. The second kappa shape index (κ2) is 19.3. The zero-order chi connectivity index (χ0) is 38.0. The third kappa shape index (κ3) is 9.76. The molecule has 0 spiro atoms. The molecule has 0 saturated heterocycles. The molecule has 5 aromatic carbocycles. The summed E-state index contributed by atoms with van der Waals surface area (Å²) < 4.78 is 0. The highest BCUT2D eigenvalue weighted by atomic mass is 32.2. The standard InChI is InChI=1S/C51H56O2S2/c1-3-5-7-8-9-11-15-37-22-32-42(33-23-37)54-46-18-12-16-44-48(46)50(52)45-17-13-19-47(49(45)51(44)53)55-43-34-30-41(31-35-43)40-28-26-39(27-29-40)38-24-20-36(21-25-38)14-10-6-4-2/h12-13,16-19,22-23,26-36,38H,3-11,14-15,20-21,24-25H2,1-2H3. The van der Waals surface area contributed by atoms with Crippen LogP contribution in [0.15, 0.2) is 129 Å². The summed E-state index contributed by atoms with van der Waals surface area (Å²) in [5.41, 5.74) is 7.26. The van der Waals surface area contributed by atoms with E-state index in [1.165, 1.54) is 112 Å². The highest BCUT2D eigenvalue weighted by molar-refractivity contribution is 7.99. The smallest absolute Gasteiger partial charge is 0.195 e. The number of carbonyl (C=O) groups is 2. The van der Waals surface area contributed by atoms with E-state index in [-0.39, 0.29) is 11.6 Å². The van der Waals surface area contributed by atoms with Gasteiger partial charge in [-0.15, -0.1) is 0 Å². The minimum atomic E-state index is -0.0777. The van der Waals surface area contributed by atoms with Crippen LogP contribution in [-0.4, -0.2) is 11.6 Å². The Balaban J connectivity index is 0.990. The van der Waals surface area contributed by atoms with Crippen LogP contribution >= 0.6 is 23.5 Å². The predicted octanol–water partition coefficient (Wildman–Crippen LogP) is 15.2. The zero-order valence-electron chi connectivity index (χ0n) is 32.8. The summed E-state index contributed by atoms with van der Waals surface area (Å²) in [4.78, 5) is 32.1. The number of carbonyl (C=O) groups excluding carboxylic acids is 2. The van der Waals surface area contributed by atoms with Gasteiger partial charge in [-0.3, -0.25) is 9.59 Å². The maximum Gasteiger partial charge on any atom is 0.195 e. The molecule has 0 radical (unpaired) electrons. The van der Waals surface area contributed by atoms with Crippen molar-refractivity contribution in [1.82, 2.24) is 0 Å². The third-order valence-electron chi connectivity index (χ3n) is 11.8. The van der Waals surface area contributed by atoms with Crippen molar-refractivity contribution >= 4 is 35.1 Å². The van der Waals surface area contributed by atoms with Crippen molar-refractivity contribution in [3.8, 4) is 11.1 Å². The summed E-state index contributed by atoms with van der Waals surface area (Å²) in [6.45, 7) is 4.55. The lowest BCUT2D eigenvalue weighted by molar-refractivity contribution is 0.0974. The molecule has 284 valence electrons. The number of unbranched alkanes of at least 4 members (excludes halogenated alkanes) is 7. The number of rotatable bonds is 17. The van der Waals surface area contributed by atoms with Crippen molar-refractivity contribution in [3.05, 3.63) is 143 Å². The van der Waals surface area contributed by atoms with Gasteiger partial charge in [-0.2, -0.15) is 0 Å². The van der Waals surface area contributed by atoms with E-state index in [1.54, 1.807) is 23.5 Å². The van der Waals surface area contributed by atoms with E-state index in [1.807, 2.05) is 36.4 Å². The lowest BCUT2D eigenvalue weighted by atomic mass is 9.77. The van der Waals surface area contributed by atoms with Crippen LogP contribution < -0.4 is 0 Å². The van der Waals surface area contributed by atoms with Gasteiger partial charge in [0.2, 0.25) is 0 Å². The van der Waals surface area contributed by atoms with Gasteiger partial charge in [-0.1, -0.05) is 168 Å². The van der Waals surface area contributed by atoms with Crippen LogP contribution in [0.1, 0.15) is 153 Å². The molecule has 1 fully saturated rings. The van der Waals surface area contributed by atoms with E-state index in [0.717, 1.165) is 31.9 Å². The molecule has 0 unspecified atom stereocenters. The fourth-order valence-corrected chi connectivity index (χ4v) is 10.5. The lowest BCUT2D eigenvalue weighted by Gasteiger charge is -2.29. The Morgan fingerprint density at radius 3 is 1.56 bits per heavy atom. The Bertz CT molecular complexity index is 2040. The summed E-state index contributed by atoms with van der Waals surface area (Å²) in [5, 5.41) is 0. The fourth-order valence-electron chi connectivity index (χ4n) is 8.57. The Morgan fingerprint density at radius 2 is 1.00 bits per heavy atom. The molecule has 2 aliphatic carbocycles. The number of hydrogen-bond acceptors (Lipinski definition) is 4. The van der Waals surface area contributed by atoms with Crippen molar-refractivity contribution in [2.24, 2.45) is 5.92 Å². The maximum absolute atomic E-state index is 14.2. The van der Waals surface area contributed by atoms with Gasteiger partial charge >= 0.3 is 0 Å². The highest BCUT2D eigenvalue weighted by Gasteiger charge is 2.34. The zero-order valence-corrected chi connectivity index (χ0v) is 34.4. The monoisotopic (exact) mass is 764 g/mol. The molecule has 0 atom stereocenters. The van der Waals surface area contributed by atoms with Gasteiger partial charge in [-0.25, -0.2) is 0 Å². The molecule has 1 saturated carbocycles. The number of aryl methyl sites for hydroxylation is 1. The first-order valence-electron chi connectivity index (χ1n) is 21.0. The summed E-state index contributed by atoms with van der Waals surface area (Å²) in [6.07, 6.45) is 19.8. The van der Waals surface area contributed by atoms with E-state index in [4.69, 9.17) is 0 Å². The quantitative estimate of drug-likeness (QED) is 0.0866. The topological polar surface area (TPSA) is 34.1 Å². The first-order valence-corrected chi connectivity index (χ1v) is 22.7. The fraction of sp³-hybridized carbons (Fsp3) is 0.373. The molecule has 0 bridgehead atoms. The predicted molar refractivity (Wildman–Crippen MR) is 232 cm³/mol. The largest absolute Gasteiger partial charge is 0.289 e. The second-order valence-electron chi connectivity index (χ2n) is 15.7. The molecule has 0 amide bonds. The Labute approximate surface area is 338 Å². The molecule has 0 heterocycles. The van der Waals surface area contributed by atoms with Crippen molar-refractivity contribution in [3.63, 3.8) is 0 Å². The van der Waals surface area contributed by atoms with Crippen LogP contribution in [-0.2, 0) is 6.42 Å². The minimum absolute atomic E-state index is 0.0753. The van der Waals surface area contributed by atoms with Crippen molar-refractivity contribution in [1.29, 1.82) is 0 Å². The number of ketones is 2. The van der Waals surface area contributed by atoms with E-state index < -0.39 is 0 Å². The highest BCUT2D eigenvalue weighted by Crippen LogP contribution is 2.42. The molecule has 2 aliphatic rings. The average molecular weight is 765 g/mol. The van der Waals surface area contributed by atoms with Crippen molar-refractivity contribution in [2.75, 3.05) is 0 Å². The SMILES string of the molecule is CCCCCCCCc1ccc(Sc2cccc3c2C(=O)c2cccc(Sc4ccc(-c5ccc(C6CCC(CCCCC)CC6)cc5)cc4)c2C3=O)cc1. The normalized spacial score (nSPS) is 16.5. The molecule has 0 aliphatic heterocycles. The van der Waals surface area contributed by atoms with Gasteiger partial charge < -0.3 is 0 Å². The first kappa shape index (κ1) is 39.4. The molecule has 55 heavy (non-hydrogen) atoms. The Morgan fingerprint density at radius 1 is 0.509 bits per heavy atom. The van der Waals surface area contributed by atoms with Crippen molar-refractivity contribution < 1.29 is 9.59 Å². The van der Waals surface area contributed by atoms with Gasteiger partial charge in [0.1, 0.15) is 0 Å². The van der Waals surface area contributed by atoms with E-state index in [2.05, 4.69) is 86.6 Å². The van der Waals surface area contributed by atoms with Crippen molar-refractivity contribution in [2.45, 2.75) is 136 Å². The number of hydrogen-bond donors (Lipinski definition) is 0. The van der Waals surface area contributed by atoms with Crippen LogP contribution in [0.25, 0.3) is 11.1 Å². The second-order valence-corrected chi connectivity index (χ2v) is 18.0. The summed E-state index contributed by atoms with van der Waals surface area (Å²) in [7, 11) is 0. The van der Waals surface area contributed by atoms with Gasteiger partial charge in [0.15, 0.2) is 11.6 Å². The number of fused-ring (bicyclic) bond motifs is 2. The van der Waals surface area contributed by atoms with Gasteiger partial charge in [0, 0.05) is 41.8 Å². The summed E-state index contributed by atoms with van der Waals surface area (Å²) >= 11 is 3.12. The van der Waals surface area contributed by atoms with Gasteiger partial charge in [0.05, 0.1) is 0 Å². The lowest BCUT2D eigenvalue weighted by Crippen LogP contribution is -2.22. The third-order valence-corrected chi connectivity index (χ3v) is 14.0. The van der Waals surface area contributed by atoms with E-state index in [0.29, 0.717) is 28.2 Å². The van der Waals surface area contributed by atoms with E-state index in [9.17, 15) is 9.59 Å². The van der Waals surface area contributed by atoms with Crippen LogP contribution in [0.4, 0.5) is 0 Å². The van der Waals surface area contributed by atoms with Gasteiger partial charge in [0.25, 0.3) is 0 Å². The van der Waals surface area contributed by atoms with Gasteiger partial charge in [-0.05, 0) is 109 Å². The molecular weight excluding hydrogens is 709 g/mol. The van der Waals surface area contributed by atoms with Crippen LogP contribution in [0.3, 0.4) is 0 Å². The summed E-state index contributed by atoms with van der Waals surface area (Å²) in [6, 6.07) is 37.9. The molecule has 0 N–H and O–H groups in total. The minimum Gasteiger partial charge on any atom is -0.289 e. The molecule has 5 aromatic rings. The average Bonchev–Trinajstić information content (AvgIpc) is 3.22. The number of benzene rings is 5. The van der Waals surface area contributed by atoms with E-state index >= 15 is 0 Å². The summed E-state index contributed by atoms with van der Waals surface area (Å²) in [5.74, 6) is 1.47. The van der Waals surface area contributed by atoms with Crippen LogP contribution in [0, 0.1) is 5.92 Å². The maximum atomic E-state index is 14.2. The first-order chi connectivity index (χ1) is 27.0. The molecular formula is C51H56O2S2. The molecule has 0 aromatic heterocycles. The molecule has 7 rings (SSSR count). The van der Waals surface area contributed by atoms with Crippen LogP contribution in [0.5, 0.6) is 0 Å².